The molecule has 0 aliphatic rings. The van der Waals surface area contributed by atoms with E-state index in [1.54, 1.807) is 0 Å². The number of hydrogen-bond donors (Lipinski definition) is 3. The van der Waals surface area contributed by atoms with Crippen LogP contribution in [-0.2, 0) is 19.6 Å². The molecule has 24 heavy (non-hydrogen) atoms. The fraction of sp³-hybridized carbons (Fsp3) is 0.467. The molecule has 1 rings (SSSR count). The summed E-state index contributed by atoms with van der Waals surface area (Å²) in [6.07, 6.45) is -0.122. The molecule has 0 unspecified atom stereocenters. The van der Waals surface area contributed by atoms with Gasteiger partial charge in [-0.05, 0) is 45.0 Å². The fourth-order valence-corrected chi connectivity index (χ4v) is 2.76. The molecule has 134 valence electrons. The van der Waals surface area contributed by atoms with Gasteiger partial charge in [-0.15, -0.1) is 0 Å². The van der Waals surface area contributed by atoms with Crippen molar-refractivity contribution < 1.29 is 22.4 Å². The second kappa shape index (κ2) is 8.20. The number of halogens is 1. The molecule has 0 aliphatic carbocycles. The van der Waals surface area contributed by atoms with Crippen molar-refractivity contribution in [3.63, 3.8) is 0 Å². The van der Waals surface area contributed by atoms with Crippen LogP contribution in [0.2, 0.25) is 0 Å². The molecule has 0 atom stereocenters. The van der Waals surface area contributed by atoms with Crippen LogP contribution < -0.4 is 15.4 Å². The molecule has 1 aromatic carbocycles. The lowest BCUT2D eigenvalue weighted by molar-refractivity contribution is -0.126. The van der Waals surface area contributed by atoms with Crippen molar-refractivity contribution in [1.82, 2.24) is 15.4 Å². The van der Waals surface area contributed by atoms with E-state index in [4.69, 9.17) is 0 Å². The van der Waals surface area contributed by atoms with Gasteiger partial charge in [-0.1, -0.05) is 0 Å². The Morgan fingerprint density at radius 2 is 1.67 bits per heavy atom. The first kappa shape index (κ1) is 20.0. The number of sulfonamides is 1. The van der Waals surface area contributed by atoms with Crippen LogP contribution in [0.5, 0.6) is 0 Å². The summed E-state index contributed by atoms with van der Waals surface area (Å²) in [6, 6.07) is 4.34. The monoisotopic (exact) mass is 359 g/mol. The quantitative estimate of drug-likeness (QED) is 0.660. The molecule has 2 amide bonds. The Labute approximate surface area is 141 Å². The summed E-state index contributed by atoms with van der Waals surface area (Å²) < 4.78 is 38.9. The highest BCUT2D eigenvalue weighted by atomic mass is 32.2. The molecular formula is C15H22FN3O4S. The maximum Gasteiger partial charge on any atom is 0.240 e. The summed E-state index contributed by atoms with van der Waals surface area (Å²) in [5.74, 6) is -1.33. The Balaban J connectivity index is 2.37. The van der Waals surface area contributed by atoms with Crippen LogP contribution in [0, 0.1) is 5.82 Å². The van der Waals surface area contributed by atoms with Crippen LogP contribution in [0.1, 0.15) is 27.2 Å². The number of nitrogens with one attached hydrogen (secondary N) is 3. The first-order chi connectivity index (χ1) is 11.0. The molecule has 0 saturated carbocycles. The van der Waals surface area contributed by atoms with E-state index in [2.05, 4.69) is 15.4 Å². The lowest BCUT2D eigenvalue weighted by atomic mass is 10.1. The van der Waals surface area contributed by atoms with E-state index in [0.29, 0.717) is 0 Å². The van der Waals surface area contributed by atoms with Gasteiger partial charge in [0.25, 0.3) is 0 Å². The lowest BCUT2D eigenvalue weighted by Gasteiger charge is -2.20. The van der Waals surface area contributed by atoms with Crippen LogP contribution in [0.25, 0.3) is 0 Å². The predicted octanol–water partition coefficient (Wildman–Crippen LogP) is 0.525. The van der Waals surface area contributed by atoms with Crippen molar-refractivity contribution in [3.05, 3.63) is 30.1 Å². The van der Waals surface area contributed by atoms with Crippen LogP contribution >= 0.6 is 0 Å². The Morgan fingerprint density at radius 1 is 1.08 bits per heavy atom. The first-order valence-electron chi connectivity index (χ1n) is 7.32. The zero-order chi connectivity index (χ0) is 18.4. The summed E-state index contributed by atoms with van der Waals surface area (Å²) in [7, 11) is -3.80. The van der Waals surface area contributed by atoms with Crippen molar-refractivity contribution in [1.29, 1.82) is 0 Å². The highest BCUT2D eigenvalue weighted by Crippen LogP contribution is 2.09. The molecule has 0 spiro atoms. The van der Waals surface area contributed by atoms with Gasteiger partial charge in [0.15, 0.2) is 0 Å². The molecule has 0 radical (unpaired) electrons. The number of carbonyl (C=O) groups excluding carboxylic acids is 2. The molecule has 1 aromatic rings. The van der Waals surface area contributed by atoms with Crippen molar-refractivity contribution >= 4 is 21.8 Å². The first-order valence-corrected chi connectivity index (χ1v) is 8.81. The molecule has 0 bridgehead atoms. The highest BCUT2D eigenvalue weighted by Gasteiger charge is 2.16. The third kappa shape index (κ3) is 7.51. The molecule has 9 heteroatoms. The minimum Gasteiger partial charge on any atom is -0.350 e. The Hall–Kier alpha value is -2.00. The average Bonchev–Trinajstić information content (AvgIpc) is 2.43. The van der Waals surface area contributed by atoms with Gasteiger partial charge in [-0.25, -0.2) is 17.5 Å². The molecular weight excluding hydrogens is 337 g/mol. The minimum absolute atomic E-state index is 0.0890. The van der Waals surface area contributed by atoms with Gasteiger partial charge >= 0.3 is 0 Å². The number of rotatable bonds is 7. The Bertz CT molecular complexity index is 682. The van der Waals surface area contributed by atoms with Crippen LogP contribution in [0.3, 0.4) is 0 Å². The van der Waals surface area contributed by atoms with Gasteiger partial charge in [0.1, 0.15) is 5.82 Å². The van der Waals surface area contributed by atoms with Crippen LogP contribution in [0.15, 0.2) is 29.2 Å². The zero-order valence-corrected chi connectivity index (χ0v) is 14.7. The van der Waals surface area contributed by atoms with Gasteiger partial charge in [-0.3, -0.25) is 9.59 Å². The summed E-state index contributed by atoms with van der Waals surface area (Å²) in [5.41, 5.74) is -0.396. The van der Waals surface area contributed by atoms with Gasteiger partial charge in [-0.2, -0.15) is 0 Å². The molecule has 0 saturated heterocycles. The smallest absolute Gasteiger partial charge is 0.240 e. The van der Waals surface area contributed by atoms with E-state index < -0.39 is 27.3 Å². The van der Waals surface area contributed by atoms with Gasteiger partial charge in [0.2, 0.25) is 21.8 Å². The summed E-state index contributed by atoms with van der Waals surface area (Å²) in [4.78, 5) is 23.1. The number of hydrogen-bond acceptors (Lipinski definition) is 4. The maximum atomic E-state index is 12.8. The topological polar surface area (TPSA) is 104 Å². The van der Waals surface area contributed by atoms with Crippen molar-refractivity contribution in [2.24, 2.45) is 0 Å². The molecule has 0 aliphatic heterocycles. The summed E-state index contributed by atoms with van der Waals surface area (Å²) in [6.45, 7) is 5.14. The van der Waals surface area contributed by atoms with E-state index in [-0.39, 0.29) is 30.3 Å². The van der Waals surface area contributed by atoms with Crippen molar-refractivity contribution in [2.75, 3.05) is 13.1 Å². The molecule has 7 nitrogen and oxygen atoms in total. The minimum atomic E-state index is -3.80. The van der Waals surface area contributed by atoms with E-state index in [1.807, 2.05) is 20.8 Å². The van der Waals surface area contributed by atoms with E-state index in [9.17, 15) is 22.4 Å². The largest absolute Gasteiger partial charge is 0.350 e. The number of amides is 2. The van der Waals surface area contributed by atoms with Crippen LogP contribution in [0.4, 0.5) is 4.39 Å². The third-order valence-electron chi connectivity index (χ3n) is 2.73. The zero-order valence-electron chi connectivity index (χ0n) is 13.8. The predicted molar refractivity (Wildman–Crippen MR) is 87.1 cm³/mol. The third-order valence-corrected chi connectivity index (χ3v) is 4.21. The number of carbonyl (C=O) groups is 2. The van der Waals surface area contributed by atoms with Crippen molar-refractivity contribution in [3.8, 4) is 0 Å². The SMILES string of the molecule is CC(C)(C)NC(=O)CNC(=O)CCNS(=O)(=O)c1ccc(F)cc1. The highest BCUT2D eigenvalue weighted by molar-refractivity contribution is 7.89. The van der Waals surface area contributed by atoms with E-state index in [0.717, 1.165) is 24.3 Å². The average molecular weight is 359 g/mol. The lowest BCUT2D eigenvalue weighted by Crippen LogP contribution is -2.46. The Morgan fingerprint density at radius 3 is 2.21 bits per heavy atom. The molecule has 0 aromatic heterocycles. The molecule has 0 heterocycles. The molecule has 0 fully saturated rings. The second-order valence-electron chi connectivity index (χ2n) is 6.18. The van der Waals surface area contributed by atoms with E-state index >= 15 is 0 Å². The van der Waals surface area contributed by atoms with Gasteiger partial charge in [0.05, 0.1) is 11.4 Å². The van der Waals surface area contributed by atoms with E-state index in [1.165, 1.54) is 0 Å². The molecule has 3 N–H and O–H groups in total. The van der Waals surface area contributed by atoms with Gasteiger partial charge in [0, 0.05) is 18.5 Å². The second-order valence-corrected chi connectivity index (χ2v) is 7.94. The normalized spacial score (nSPS) is 11.8. The Kier molecular flexibility index (Phi) is 6.85. The van der Waals surface area contributed by atoms with Crippen molar-refractivity contribution in [2.45, 2.75) is 37.6 Å². The standard InChI is InChI=1S/C15H22FN3O4S/c1-15(2,3)19-14(21)10-17-13(20)8-9-18-24(22,23)12-6-4-11(16)5-7-12/h4-7,18H,8-10H2,1-3H3,(H,17,20)(H,19,21). The van der Waals surface area contributed by atoms with Crippen LogP contribution in [-0.4, -0.2) is 38.9 Å². The summed E-state index contributed by atoms with van der Waals surface area (Å²) >= 11 is 0. The number of benzene rings is 1. The summed E-state index contributed by atoms with van der Waals surface area (Å²) in [5, 5.41) is 5.09. The maximum absolute atomic E-state index is 12.8. The fourth-order valence-electron chi connectivity index (χ4n) is 1.73. The van der Waals surface area contributed by atoms with Gasteiger partial charge < -0.3 is 10.6 Å².